The van der Waals surface area contributed by atoms with Crippen molar-refractivity contribution in [1.29, 1.82) is 0 Å². The van der Waals surface area contributed by atoms with E-state index < -0.39 is 0 Å². The molecular formula is C20H24FN3O. The van der Waals surface area contributed by atoms with E-state index in [0.717, 1.165) is 24.2 Å². The number of hydrogen-bond acceptors (Lipinski definition) is 3. The zero-order valence-corrected chi connectivity index (χ0v) is 14.5. The minimum atomic E-state index is -0.227. The molecule has 1 amide bonds. The van der Waals surface area contributed by atoms with Gasteiger partial charge < -0.3 is 10.2 Å². The van der Waals surface area contributed by atoms with Crippen LogP contribution < -0.4 is 5.32 Å². The van der Waals surface area contributed by atoms with Crippen LogP contribution in [0, 0.1) is 11.7 Å². The summed E-state index contributed by atoms with van der Waals surface area (Å²) >= 11 is 0. The van der Waals surface area contributed by atoms with Crippen LogP contribution in [0.2, 0.25) is 0 Å². The molecule has 2 atom stereocenters. The number of nitrogens with one attached hydrogen (secondary N) is 1. The Hall–Kier alpha value is -2.27. The van der Waals surface area contributed by atoms with Gasteiger partial charge in [-0.3, -0.25) is 9.78 Å². The lowest BCUT2D eigenvalue weighted by atomic mass is 9.96. The molecule has 132 valence electrons. The van der Waals surface area contributed by atoms with E-state index in [0.29, 0.717) is 19.4 Å². The number of aromatic nitrogens is 1. The van der Waals surface area contributed by atoms with Crippen molar-refractivity contribution in [1.82, 2.24) is 15.2 Å². The Morgan fingerprint density at radius 2 is 2.28 bits per heavy atom. The predicted octanol–water partition coefficient (Wildman–Crippen LogP) is 2.96. The second kappa shape index (κ2) is 8.21. The van der Waals surface area contributed by atoms with E-state index in [4.69, 9.17) is 0 Å². The normalized spacial score (nSPS) is 18.8. The SMILES string of the molecule is CC(CC(=O)N1CCNCC1c1cccnc1)Cc1cccc(F)c1. The summed E-state index contributed by atoms with van der Waals surface area (Å²) in [5.74, 6) is 0.0905. The molecule has 1 aliphatic heterocycles. The summed E-state index contributed by atoms with van der Waals surface area (Å²) in [6.07, 6.45) is 4.74. The lowest BCUT2D eigenvalue weighted by Gasteiger charge is -2.37. The van der Waals surface area contributed by atoms with E-state index in [9.17, 15) is 9.18 Å². The molecular weight excluding hydrogens is 317 g/mol. The highest BCUT2D eigenvalue weighted by molar-refractivity contribution is 5.77. The predicted molar refractivity (Wildman–Crippen MR) is 95.4 cm³/mol. The number of rotatable bonds is 5. The lowest BCUT2D eigenvalue weighted by molar-refractivity contribution is -0.135. The van der Waals surface area contributed by atoms with Crippen LogP contribution in [0.1, 0.15) is 30.5 Å². The molecule has 1 N–H and O–H groups in total. The van der Waals surface area contributed by atoms with Gasteiger partial charge in [0.25, 0.3) is 0 Å². The molecule has 2 heterocycles. The maximum Gasteiger partial charge on any atom is 0.223 e. The van der Waals surface area contributed by atoms with Crippen LogP contribution in [0.25, 0.3) is 0 Å². The number of hydrogen-bond donors (Lipinski definition) is 1. The zero-order valence-electron chi connectivity index (χ0n) is 14.5. The van der Waals surface area contributed by atoms with Crippen molar-refractivity contribution in [3.05, 3.63) is 65.7 Å². The molecule has 1 aromatic heterocycles. The third-order valence-corrected chi connectivity index (χ3v) is 4.63. The maximum absolute atomic E-state index is 13.3. The van der Waals surface area contributed by atoms with Crippen molar-refractivity contribution < 1.29 is 9.18 Å². The first-order chi connectivity index (χ1) is 12.1. The number of amides is 1. The van der Waals surface area contributed by atoms with Crippen molar-refractivity contribution in [2.75, 3.05) is 19.6 Å². The van der Waals surface area contributed by atoms with Gasteiger partial charge in [-0.05, 0) is 41.7 Å². The Bertz CT molecular complexity index is 707. The van der Waals surface area contributed by atoms with Crippen molar-refractivity contribution in [2.45, 2.75) is 25.8 Å². The molecule has 3 rings (SSSR count). The van der Waals surface area contributed by atoms with Crippen molar-refractivity contribution in [3.63, 3.8) is 0 Å². The number of halogens is 1. The highest BCUT2D eigenvalue weighted by Gasteiger charge is 2.28. The highest BCUT2D eigenvalue weighted by Crippen LogP contribution is 2.24. The Labute approximate surface area is 148 Å². The Kier molecular flexibility index (Phi) is 5.76. The molecule has 4 nitrogen and oxygen atoms in total. The third-order valence-electron chi connectivity index (χ3n) is 4.63. The second-order valence-electron chi connectivity index (χ2n) is 6.74. The van der Waals surface area contributed by atoms with Crippen LogP contribution in [-0.4, -0.2) is 35.4 Å². The summed E-state index contributed by atoms with van der Waals surface area (Å²) < 4.78 is 13.3. The third kappa shape index (κ3) is 4.63. The number of nitrogens with zero attached hydrogens (tertiary/aromatic N) is 2. The van der Waals surface area contributed by atoms with Gasteiger partial charge in [0.1, 0.15) is 5.82 Å². The van der Waals surface area contributed by atoms with Crippen LogP contribution in [-0.2, 0) is 11.2 Å². The monoisotopic (exact) mass is 341 g/mol. The smallest absolute Gasteiger partial charge is 0.223 e. The van der Waals surface area contributed by atoms with Gasteiger partial charge in [0.2, 0.25) is 5.91 Å². The molecule has 2 unspecified atom stereocenters. The number of benzene rings is 1. The van der Waals surface area contributed by atoms with Gasteiger partial charge in [-0.15, -0.1) is 0 Å². The molecule has 0 spiro atoms. The summed E-state index contributed by atoms with van der Waals surface area (Å²) in [6.45, 7) is 4.30. The Morgan fingerprint density at radius 1 is 1.40 bits per heavy atom. The number of carbonyl (C=O) groups excluding carboxylic acids is 1. The fourth-order valence-electron chi connectivity index (χ4n) is 3.43. The highest BCUT2D eigenvalue weighted by atomic mass is 19.1. The summed E-state index contributed by atoms with van der Waals surface area (Å²) in [5, 5.41) is 3.35. The van der Waals surface area contributed by atoms with Crippen LogP contribution in [0.4, 0.5) is 4.39 Å². The quantitative estimate of drug-likeness (QED) is 0.909. The van der Waals surface area contributed by atoms with Gasteiger partial charge in [-0.1, -0.05) is 25.1 Å². The van der Waals surface area contributed by atoms with Crippen LogP contribution >= 0.6 is 0 Å². The molecule has 0 bridgehead atoms. The number of pyridine rings is 1. The largest absolute Gasteiger partial charge is 0.333 e. The van der Waals surface area contributed by atoms with Crippen molar-refractivity contribution in [3.8, 4) is 0 Å². The van der Waals surface area contributed by atoms with Crippen LogP contribution in [0.3, 0.4) is 0 Å². The van der Waals surface area contributed by atoms with Crippen molar-refractivity contribution >= 4 is 5.91 Å². The standard InChI is InChI=1S/C20H24FN3O/c1-15(10-16-4-2-6-18(21)12-16)11-20(25)24-9-8-23-14-19(24)17-5-3-7-22-13-17/h2-7,12-13,15,19,23H,8-11,14H2,1H3. The van der Waals surface area contributed by atoms with Gasteiger partial charge >= 0.3 is 0 Å². The summed E-state index contributed by atoms with van der Waals surface area (Å²) in [5.41, 5.74) is 1.99. The molecule has 2 aromatic rings. The first-order valence-electron chi connectivity index (χ1n) is 8.78. The minimum absolute atomic E-state index is 0.0244. The second-order valence-corrected chi connectivity index (χ2v) is 6.74. The zero-order chi connectivity index (χ0) is 17.6. The average Bonchev–Trinajstić information content (AvgIpc) is 2.62. The van der Waals surface area contributed by atoms with Gasteiger partial charge in [0, 0.05) is 38.4 Å². The van der Waals surface area contributed by atoms with Crippen LogP contribution in [0.15, 0.2) is 48.8 Å². The molecule has 0 aliphatic carbocycles. The molecule has 1 aromatic carbocycles. The topological polar surface area (TPSA) is 45.2 Å². The van der Waals surface area contributed by atoms with Gasteiger partial charge in [-0.2, -0.15) is 0 Å². The van der Waals surface area contributed by atoms with E-state index >= 15 is 0 Å². The fraction of sp³-hybridized carbons (Fsp3) is 0.400. The minimum Gasteiger partial charge on any atom is -0.333 e. The summed E-state index contributed by atoms with van der Waals surface area (Å²) in [7, 11) is 0. The van der Waals surface area contributed by atoms with Crippen molar-refractivity contribution in [2.24, 2.45) is 5.92 Å². The molecule has 5 heteroatoms. The lowest BCUT2D eigenvalue weighted by Crippen LogP contribution is -2.49. The first kappa shape index (κ1) is 17.5. The Morgan fingerprint density at radius 3 is 3.04 bits per heavy atom. The van der Waals surface area contributed by atoms with Crippen LogP contribution in [0.5, 0.6) is 0 Å². The molecule has 25 heavy (non-hydrogen) atoms. The molecule has 0 radical (unpaired) electrons. The van der Waals surface area contributed by atoms with E-state index in [1.165, 1.54) is 6.07 Å². The first-order valence-corrected chi connectivity index (χ1v) is 8.78. The summed E-state index contributed by atoms with van der Waals surface area (Å²) in [6, 6.07) is 10.6. The van der Waals surface area contributed by atoms with Gasteiger partial charge in [0.05, 0.1) is 6.04 Å². The molecule has 0 saturated carbocycles. The van der Waals surface area contributed by atoms with E-state index in [-0.39, 0.29) is 23.7 Å². The van der Waals surface area contributed by atoms with Gasteiger partial charge in [-0.25, -0.2) is 4.39 Å². The van der Waals surface area contributed by atoms with E-state index in [1.54, 1.807) is 18.3 Å². The molecule has 1 fully saturated rings. The number of carbonyl (C=O) groups is 1. The van der Waals surface area contributed by atoms with E-state index in [2.05, 4.69) is 10.3 Å². The Balaban J connectivity index is 1.64. The maximum atomic E-state index is 13.3. The summed E-state index contributed by atoms with van der Waals surface area (Å²) in [4.78, 5) is 19.0. The fourth-order valence-corrected chi connectivity index (χ4v) is 3.43. The average molecular weight is 341 g/mol. The molecule has 1 aliphatic rings. The van der Waals surface area contributed by atoms with E-state index in [1.807, 2.05) is 36.2 Å². The molecule has 1 saturated heterocycles. The number of piperazine rings is 1. The van der Waals surface area contributed by atoms with Gasteiger partial charge in [0.15, 0.2) is 0 Å².